The summed E-state index contributed by atoms with van der Waals surface area (Å²) in [5.41, 5.74) is 2.66. The van der Waals surface area contributed by atoms with E-state index in [1.54, 1.807) is 29.2 Å². The Balaban J connectivity index is 1.70. The van der Waals surface area contributed by atoms with Gasteiger partial charge < -0.3 is 10.2 Å². The van der Waals surface area contributed by atoms with Crippen LogP contribution in [0.4, 0.5) is 5.69 Å². The first-order valence-electron chi connectivity index (χ1n) is 8.74. The van der Waals surface area contributed by atoms with E-state index in [9.17, 15) is 9.59 Å². The molecular formula is C22H16Cl2N2O2. The fourth-order valence-electron chi connectivity index (χ4n) is 3.39. The molecule has 0 aromatic heterocycles. The number of carbonyl (C=O) groups excluding carboxylic acids is 2. The molecule has 0 spiro atoms. The smallest absolute Gasteiger partial charge is 0.255 e. The van der Waals surface area contributed by atoms with Crippen LogP contribution in [-0.4, -0.2) is 16.7 Å². The third kappa shape index (κ3) is 3.49. The zero-order valence-electron chi connectivity index (χ0n) is 14.7. The number of hydrogen-bond acceptors (Lipinski definition) is 2. The van der Waals surface area contributed by atoms with Crippen LogP contribution in [0.25, 0.3) is 0 Å². The van der Waals surface area contributed by atoms with Gasteiger partial charge in [0.05, 0.1) is 10.7 Å². The highest BCUT2D eigenvalue weighted by atomic mass is 35.5. The molecule has 0 radical (unpaired) electrons. The molecule has 6 heteroatoms. The van der Waals surface area contributed by atoms with Crippen molar-refractivity contribution >= 4 is 40.7 Å². The molecule has 3 aromatic carbocycles. The highest BCUT2D eigenvalue weighted by Gasteiger charge is 2.37. The number of amides is 2. The van der Waals surface area contributed by atoms with Crippen molar-refractivity contribution in [2.45, 2.75) is 12.6 Å². The second kappa shape index (κ2) is 7.66. The van der Waals surface area contributed by atoms with E-state index in [4.69, 9.17) is 23.2 Å². The first-order valence-corrected chi connectivity index (χ1v) is 9.50. The molecule has 0 bridgehead atoms. The molecule has 140 valence electrons. The van der Waals surface area contributed by atoms with Crippen molar-refractivity contribution in [1.29, 1.82) is 0 Å². The van der Waals surface area contributed by atoms with E-state index in [0.29, 0.717) is 27.8 Å². The molecule has 1 heterocycles. The van der Waals surface area contributed by atoms with Crippen molar-refractivity contribution in [3.63, 3.8) is 0 Å². The van der Waals surface area contributed by atoms with Gasteiger partial charge in [0, 0.05) is 17.1 Å². The highest BCUT2D eigenvalue weighted by Crippen LogP contribution is 2.33. The fraction of sp³-hybridized carbons (Fsp3) is 0.0909. The summed E-state index contributed by atoms with van der Waals surface area (Å²) in [4.78, 5) is 27.8. The van der Waals surface area contributed by atoms with E-state index in [2.05, 4.69) is 5.32 Å². The van der Waals surface area contributed by atoms with Crippen LogP contribution in [-0.2, 0) is 11.3 Å². The van der Waals surface area contributed by atoms with Crippen LogP contribution in [0.3, 0.4) is 0 Å². The minimum Gasteiger partial charge on any atom is -0.323 e. The third-order valence-electron chi connectivity index (χ3n) is 4.71. The van der Waals surface area contributed by atoms with Gasteiger partial charge in [-0.3, -0.25) is 9.59 Å². The number of halogens is 2. The van der Waals surface area contributed by atoms with Crippen molar-refractivity contribution in [3.8, 4) is 0 Å². The van der Waals surface area contributed by atoms with Crippen LogP contribution < -0.4 is 5.32 Å². The van der Waals surface area contributed by atoms with Crippen molar-refractivity contribution in [2.75, 3.05) is 5.32 Å². The van der Waals surface area contributed by atoms with Crippen LogP contribution in [0.5, 0.6) is 0 Å². The first kappa shape index (κ1) is 18.5. The maximum Gasteiger partial charge on any atom is 0.255 e. The number of benzene rings is 3. The molecule has 2 amide bonds. The summed E-state index contributed by atoms with van der Waals surface area (Å²) in [5, 5.41) is 3.66. The third-order valence-corrected chi connectivity index (χ3v) is 5.28. The summed E-state index contributed by atoms with van der Waals surface area (Å²) in [6, 6.07) is 20.7. The van der Waals surface area contributed by atoms with Crippen molar-refractivity contribution in [3.05, 3.63) is 99.5 Å². The average Bonchev–Trinajstić information content (AvgIpc) is 3.02. The summed E-state index contributed by atoms with van der Waals surface area (Å²) in [5.74, 6) is -0.520. The lowest BCUT2D eigenvalue weighted by atomic mass is 10.0. The molecule has 28 heavy (non-hydrogen) atoms. The Morgan fingerprint density at radius 2 is 1.68 bits per heavy atom. The van der Waals surface area contributed by atoms with Crippen molar-refractivity contribution < 1.29 is 9.59 Å². The summed E-state index contributed by atoms with van der Waals surface area (Å²) >= 11 is 12.2. The zero-order valence-corrected chi connectivity index (χ0v) is 16.2. The molecule has 3 aromatic rings. The van der Waals surface area contributed by atoms with Gasteiger partial charge in [0.1, 0.15) is 6.04 Å². The maximum absolute atomic E-state index is 13.3. The normalized spacial score (nSPS) is 13.9. The Kier molecular flexibility index (Phi) is 5.07. The van der Waals surface area contributed by atoms with Gasteiger partial charge in [0.2, 0.25) is 0 Å². The summed E-state index contributed by atoms with van der Waals surface area (Å²) in [7, 11) is 0. The second-order valence-electron chi connectivity index (χ2n) is 6.52. The Bertz CT molecular complexity index is 1050. The molecule has 1 atom stereocenters. The molecule has 0 unspecified atom stereocenters. The van der Waals surface area contributed by atoms with E-state index in [0.717, 1.165) is 11.1 Å². The number of anilines is 1. The summed E-state index contributed by atoms with van der Waals surface area (Å²) < 4.78 is 0. The van der Waals surface area contributed by atoms with E-state index >= 15 is 0 Å². The lowest BCUT2D eigenvalue weighted by molar-refractivity contribution is -0.120. The standard InChI is InChI=1S/C22H16Cl2N2O2/c23-16-10-11-18(24)19(12-16)25-21(27)20(14-6-2-1-3-7-14)26-13-15-8-4-5-9-17(15)22(26)28/h1-12,20H,13H2,(H,25,27)/t20-/m0/s1. The van der Waals surface area contributed by atoms with E-state index < -0.39 is 6.04 Å². The van der Waals surface area contributed by atoms with E-state index in [1.165, 1.54) is 0 Å². The molecule has 0 fully saturated rings. The minimum absolute atomic E-state index is 0.170. The Morgan fingerprint density at radius 1 is 0.964 bits per heavy atom. The number of hydrogen-bond donors (Lipinski definition) is 1. The van der Waals surface area contributed by atoms with Gasteiger partial charge >= 0.3 is 0 Å². The maximum atomic E-state index is 13.3. The van der Waals surface area contributed by atoms with Crippen LogP contribution in [0.1, 0.15) is 27.5 Å². The average molecular weight is 411 g/mol. The quantitative estimate of drug-likeness (QED) is 0.631. The predicted octanol–water partition coefficient (Wildman–Crippen LogP) is 5.33. The lowest BCUT2D eigenvalue weighted by Crippen LogP contribution is -2.37. The molecule has 0 saturated carbocycles. The Hall–Kier alpha value is -2.82. The zero-order chi connectivity index (χ0) is 19.7. The summed E-state index contributed by atoms with van der Waals surface area (Å²) in [6.45, 7) is 0.366. The topological polar surface area (TPSA) is 49.4 Å². The van der Waals surface area contributed by atoms with Gasteiger partial charge in [-0.25, -0.2) is 0 Å². The van der Waals surface area contributed by atoms with Crippen LogP contribution in [0, 0.1) is 0 Å². The molecule has 1 N–H and O–H groups in total. The van der Waals surface area contributed by atoms with Crippen molar-refractivity contribution in [1.82, 2.24) is 4.90 Å². The largest absolute Gasteiger partial charge is 0.323 e. The number of rotatable bonds is 4. The van der Waals surface area contributed by atoms with Gasteiger partial charge in [0.25, 0.3) is 11.8 Å². The number of nitrogens with zero attached hydrogens (tertiary/aromatic N) is 1. The van der Waals surface area contributed by atoms with Crippen molar-refractivity contribution in [2.24, 2.45) is 0 Å². The van der Waals surface area contributed by atoms with Gasteiger partial charge in [0.15, 0.2) is 0 Å². The fourth-order valence-corrected chi connectivity index (χ4v) is 3.72. The molecule has 1 aliphatic rings. The van der Waals surface area contributed by atoms with Gasteiger partial charge in [-0.1, -0.05) is 71.7 Å². The van der Waals surface area contributed by atoms with E-state index in [1.807, 2.05) is 48.5 Å². The summed E-state index contributed by atoms with van der Waals surface area (Å²) in [6.07, 6.45) is 0. The lowest BCUT2D eigenvalue weighted by Gasteiger charge is -2.27. The number of fused-ring (bicyclic) bond motifs is 1. The minimum atomic E-state index is -0.795. The highest BCUT2D eigenvalue weighted by molar-refractivity contribution is 6.35. The first-order chi connectivity index (χ1) is 13.5. The van der Waals surface area contributed by atoms with Crippen LogP contribution >= 0.6 is 23.2 Å². The van der Waals surface area contributed by atoms with Crippen LogP contribution in [0.15, 0.2) is 72.8 Å². The number of nitrogens with one attached hydrogen (secondary N) is 1. The SMILES string of the molecule is O=C(Nc1cc(Cl)ccc1Cl)[C@H](c1ccccc1)N1Cc2ccccc2C1=O. The van der Waals surface area contributed by atoms with Gasteiger partial charge in [-0.2, -0.15) is 0 Å². The monoisotopic (exact) mass is 410 g/mol. The molecule has 0 saturated heterocycles. The molecule has 0 aliphatic carbocycles. The van der Waals surface area contributed by atoms with Gasteiger partial charge in [-0.05, 0) is 35.4 Å². The molecule has 4 rings (SSSR count). The Labute approximate surface area is 172 Å². The van der Waals surface area contributed by atoms with Crippen LogP contribution in [0.2, 0.25) is 10.0 Å². The number of carbonyl (C=O) groups is 2. The molecule has 4 nitrogen and oxygen atoms in total. The predicted molar refractivity (Wildman–Crippen MR) is 111 cm³/mol. The van der Waals surface area contributed by atoms with Gasteiger partial charge in [-0.15, -0.1) is 0 Å². The van der Waals surface area contributed by atoms with E-state index in [-0.39, 0.29) is 11.8 Å². The second-order valence-corrected chi connectivity index (χ2v) is 7.36. The molecular weight excluding hydrogens is 395 g/mol. The Morgan fingerprint density at radius 3 is 2.43 bits per heavy atom. The molecule has 1 aliphatic heterocycles.